The molecular weight excluding hydrogens is 228 g/mol. The number of hydrogen-bond acceptors (Lipinski definition) is 3. The van der Waals surface area contributed by atoms with E-state index in [1.807, 2.05) is 6.92 Å². The molecule has 0 saturated carbocycles. The number of hydrogen-bond donors (Lipinski definition) is 0. The predicted molar refractivity (Wildman–Crippen MR) is 74.8 cm³/mol. The Bertz CT molecular complexity index is 206. The second-order valence-corrected chi connectivity index (χ2v) is 5.21. The van der Waals surface area contributed by atoms with E-state index in [9.17, 15) is 4.79 Å². The first-order chi connectivity index (χ1) is 8.58. The monoisotopic (exact) mass is 258 g/mol. The standard InChI is InChI=1S/C15H30O3/c1-5-8-11-15(4,12-9-6-2)18-14(16)17-13-10-7-3/h5-13H2,1-4H3. The van der Waals surface area contributed by atoms with Crippen LogP contribution in [0.25, 0.3) is 0 Å². The van der Waals surface area contributed by atoms with Gasteiger partial charge in [0.25, 0.3) is 0 Å². The van der Waals surface area contributed by atoms with Gasteiger partial charge in [-0.25, -0.2) is 4.79 Å². The van der Waals surface area contributed by atoms with Crippen molar-refractivity contribution in [2.75, 3.05) is 6.61 Å². The van der Waals surface area contributed by atoms with Crippen molar-refractivity contribution in [3.63, 3.8) is 0 Å². The highest BCUT2D eigenvalue weighted by Gasteiger charge is 2.28. The van der Waals surface area contributed by atoms with Crippen LogP contribution in [0.2, 0.25) is 0 Å². The summed E-state index contributed by atoms with van der Waals surface area (Å²) in [5.41, 5.74) is -0.352. The smallest absolute Gasteiger partial charge is 0.434 e. The second-order valence-electron chi connectivity index (χ2n) is 5.21. The van der Waals surface area contributed by atoms with Crippen molar-refractivity contribution in [3.05, 3.63) is 0 Å². The summed E-state index contributed by atoms with van der Waals surface area (Å²) in [5, 5.41) is 0. The molecule has 0 atom stereocenters. The topological polar surface area (TPSA) is 35.5 Å². The van der Waals surface area contributed by atoms with Gasteiger partial charge in [0, 0.05) is 0 Å². The highest BCUT2D eigenvalue weighted by molar-refractivity contribution is 5.60. The fourth-order valence-corrected chi connectivity index (χ4v) is 1.86. The van der Waals surface area contributed by atoms with E-state index >= 15 is 0 Å². The van der Waals surface area contributed by atoms with E-state index in [0.717, 1.165) is 51.4 Å². The van der Waals surface area contributed by atoms with Crippen LogP contribution in [0, 0.1) is 0 Å². The number of carbonyl (C=O) groups excluding carboxylic acids is 1. The lowest BCUT2D eigenvalue weighted by Gasteiger charge is -2.29. The van der Waals surface area contributed by atoms with Crippen molar-refractivity contribution < 1.29 is 14.3 Å². The van der Waals surface area contributed by atoms with Gasteiger partial charge in [-0.15, -0.1) is 0 Å². The molecule has 0 radical (unpaired) electrons. The summed E-state index contributed by atoms with van der Waals surface area (Å²) in [6.07, 6.45) is 7.68. The Morgan fingerprint density at radius 3 is 1.89 bits per heavy atom. The van der Waals surface area contributed by atoms with Crippen LogP contribution >= 0.6 is 0 Å². The Labute approximate surface area is 112 Å². The van der Waals surface area contributed by atoms with Gasteiger partial charge in [0.1, 0.15) is 5.60 Å². The maximum atomic E-state index is 11.6. The summed E-state index contributed by atoms with van der Waals surface area (Å²) < 4.78 is 10.6. The van der Waals surface area contributed by atoms with Crippen LogP contribution in [0.5, 0.6) is 0 Å². The van der Waals surface area contributed by atoms with Gasteiger partial charge in [-0.05, 0) is 39.0 Å². The lowest BCUT2D eigenvalue weighted by molar-refractivity contribution is -0.0367. The van der Waals surface area contributed by atoms with Gasteiger partial charge in [0.15, 0.2) is 0 Å². The van der Waals surface area contributed by atoms with E-state index in [4.69, 9.17) is 9.47 Å². The van der Waals surface area contributed by atoms with Crippen molar-refractivity contribution in [1.82, 2.24) is 0 Å². The van der Waals surface area contributed by atoms with Crippen LogP contribution in [-0.4, -0.2) is 18.4 Å². The first-order valence-corrected chi connectivity index (χ1v) is 7.43. The molecule has 108 valence electrons. The summed E-state index contributed by atoms with van der Waals surface area (Å²) >= 11 is 0. The Morgan fingerprint density at radius 2 is 1.44 bits per heavy atom. The summed E-state index contributed by atoms with van der Waals surface area (Å²) in [6.45, 7) is 8.87. The molecule has 0 amide bonds. The van der Waals surface area contributed by atoms with E-state index in [1.54, 1.807) is 0 Å². The van der Waals surface area contributed by atoms with Crippen molar-refractivity contribution in [3.8, 4) is 0 Å². The zero-order valence-electron chi connectivity index (χ0n) is 12.6. The molecule has 0 fully saturated rings. The van der Waals surface area contributed by atoms with Gasteiger partial charge >= 0.3 is 6.16 Å². The third kappa shape index (κ3) is 8.37. The molecule has 3 nitrogen and oxygen atoms in total. The minimum absolute atomic E-state index is 0.352. The van der Waals surface area contributed by atoms with Crippen molar-refractivity contribution >= 4 is 6.16 Å². The molecule has 0 saturated heterocycles. The highest BCUT2D eigenvalue weighted by atomic mass is 16.7. The summed E-state index contributed by atoms with van der Waals surface area (Å²) in [6, 6.07) is 0. The average Bonchev–Trinajstić information content (AvgIpc) is 2.34. The van der Waals surface area contributed by atoms with Crippen molar-refractivity contribution in [2.24, 2.45) is 0 Å². The van der Waals surface area contributed by atoms with E-state index in [0.29, 0.717) is 6.61 Å². The van der Waals surface area contributed by atoms with Crippen molar-refractivity contribution in [1.29, 1.82) is 0 Å². The van der Waals surface area contributed by atoms with Crippen LogP contribution in [-0.2, 0) is 9.47 Å². The predicted octanol–water partition coefficient (Wildman–Crippen LogP) is 5.08. The molecule has 0 aliphatic heterocycles. The first kappa shape index (κ1) is 17.3. The summed E-state index contributed by atoms with van der Waals surface area (Å²) in [5.74, 6) is 0. The highest BCUT2D eigenvalue weighted by Crippen LogP contribution is 2.26. The summed E-state index contributed by atoms with van der Waals surface area (Å²) in [4.78, 5) is 11.6. The molecular formula is C15H30O3. The maximum absolute atomic E-state index is 11.6. The third-order valence-corrected chi connectivity index (χ3v) is 3.17. The zero-order chi connectivity index (χ0) is 13.9. The fourth-order valence-electron chi connectivity index (χ4n) is 1.86. The Balaban J connectivity index is 4.15. The van der Waals surface area contributed by atoms with Crippen LogP contribution in [0.4, 0.5) is 4.79 Å². The second kappa shape index (κ2) is 10.2. The Kier molecular flexibility index (Phi) is 9.80. The molecule has 0 N–H and O–H groups in total. The number of ether oxygens (including phenoxy) is 2. The van der Waals surface area contributed by atoms with Gasteiger partial charge in [-0.2, -0.15) is 0 Å². The molecule has 0 aliphatic rings. The number of unbranched alkanes of at least 4 members (excludes halogenated alkanes) is 3. The van der Waals surface area contributed by atoms with Gasteiger partial charge in [-0.1, -0.05) is 40.0 Å². The molecule has 0 spiro atoms. The molecule has 18 heavy (non-hydrogen) atoms. The maximum Gasteiger partial charge on any atom is 0.508 e. The number of carbonyl (C=O) groups is 1. The third-order valence-electron chi connectivity index (χ3n) is 3.17. The van der Waals surface area contributed by atoms with Gasteiger partial charge in [0.05, 0.1) is 6.61 Å². The molecule has 0 aromatic heterocycles. The molecule has 0 rings (SSSR count). The molecule has 0 aromatic carbocycles. The van der Waals surface area contributed by atoms with E-state index < -0.39 is 6.16 Å². The van der Waals surface area contributed by atoms with Gasteiger partial charge < -0.3 is 9.47 Å². The Morgan fingerprint density at radius 1 is 0.944 bits per heavy atom. The number of rotatable bonds is 10. The SMILES string of the molecule is CCCCOC(=O)OC(C)(CCCC)CCCC. The minimum atomic E-state index is -0.502. The normalized spacial score (nSPS) is 11.3. The van der Waals surface area contributed by atoms with Crippen LogP contribution in [0.15, 0.2) is 0 Å². The molecule has 0 aliphatic carbocycles. The first-order valence-electron chi connectivity index (χ1n) is 7.43. The fraction of sp³-hybridized carbons (Fsp3) is 0.933. The van der Waals surface area contributed by atoms with Gasteiger partial charge in [-0.3, -0.25) is 0 Å². The summed E-state index contributed by atoms with van der Waals surface area (Å²) in [7, 11) is 0. The molecule has 0 heterocycles. The van der Waals surface area contributed by atoms with E-state index in [1.165, 1.54) is 0 Å². The lowest BCUT2D eigenvalue weighted by Crippen LogP contribution is -2.32. The van der Waals surface area contributed by atoms with Crippen LogP contribution < -0.4 is 0 Å². The lowest BCUT2D eigenvalue weighted by atomic mass is 9.93. The van der Waals surface area contributed by atoms with E-state index in [2.05, 4.69) is 20.8 Å². The van der Waals surface area contributed by atoms with Crippen molar-refractivity contribution in [2.45, 2.75) is 84.7 Å². The largest absolute Gasteiger partial charge is 0.508 e. The van der Waals surface area contributed by atoms with Crippen LogP contribution in [0.1, 0.15) is 79.1 Å². The van der Waals surface area contributed by atoms with E-state index in [-0.39, 0.29) is 5.60 Å². The molecule has 0 aromatic rings. The quantitative estimate of drug-likeness (QED) is 0.405. The van der Waals surface area contributed by atoms with Gasteiger partial charge in [0.2, 0.25) is 0 Å². The minimum Gasteiger partial charge on any atom is -0.434 e. The van der Waals surface area contributed by atoms with Crippen LogP contribution in [0.3, 0.4) is 0 Å². The molecule has 3 heteroatoms. The average molecular weight is 258 g/mol. The molecule has 0 bridgehead atoms. The molecule has 0 unspecified atom stereocenters. The Hall–Kier alpha value is -0.730. The zero-order valence-corrected chi connectivity index (χ0v) is 12.6.